The average Bonchev–Trinajstić information content (AvgIpc) is 3.00. The van der Waals surface area contributed by atoms with Gasteiger partial charge in [-0.15, -0.1) is 0 Å². The largest absolute Gasteiger partial charge is 0.396 e. The number of halogens is 1. The number of hydrogen-bond acceptors (Lipinski definition) is 4. The molecule has 1 aromatic carbocycles. The summed E-state index contributed by atoms with van der Waals surface area (Å²) in [7, 11) is 0. The Morgan fingerprint density at radius 3 is 2.65 bits per heavy atom. The number of carbonyl (C=O) groups excluding carboxylic acids is 1. The van der Waals surface area contributed by atoms with Crippen LogP contribution in [0.5, 0.6) is 0 Å². The van der Waals surface area contributed by atoms with E-state index >= 15 is 0 Å². The number of amides is 1. The van der Waals surface area contributed by atoms with Crippen molar-refractivity contribution >= 4 is 12.0 Å². The summed E-state index contributed by atoms with van der Waals surface area (Å²) in [4.78, 5) is 28.6. The van der Waals surface area contributed by atoms with Gasteiger partial charge in [-0.3, -0.25) is 14.5 Å². The second-order valence-corrected chi connectivity index (χ2v) is 8.19. The molecule has 0 aliphatic carbocycles. The van der Waals surface area contributed by atoms with Crippen LogP contribution in [0.25, 0.3) is 6.08 Å². The van der Waals surface area contributed by atoms with Gasteiger partial charge < -0.3 is 15.0 Å². The van der Waals surface area contributed by atoms with E-state index in [-0.39, 0.29) is 48.4 Å². The summed E-state index contributed by atoms with van der Waals surface area (Å²) in [6, 6.07) is 9.38. The van der Waals surface area contributed by atoms with Crippen molar-refractivity contribution in [1.29, 1.82) is 0 Å². The zero-order chi connectivity index (χ0) is 22.1. The molecule has 0 unspecified atom stereocenters. The fourth-order valence-electron chi connectivity index (χ4n) is 5.19. The molecule has 164 valence electrons. The molecular formula is C24H28FN3O3. The van der Waals surface area contributed by atoms with Gasteiger partial charge in [0.2, 0.25) is 5.91 Å². The van der Waals surface area contributed by atoms with Crippen LogP contribution in [0, 0.1) is 17.7 Å². The van der Waals surface area contributed by atoms with Crippen molar-refractivity contribution in [2.45, 2.75) is 39.0 Å². The van der Waals surface area contributed by atoms with Crippen LogP contribution in [0.3, 0.4) is 0 Å². The lowest BCUT2D eigenvalue weighted by Gasteiger charge is -2.37. The fourth-order valence-corrected chi connectivity index (χ4v) is 5.19. The third-order valence-corrected chi connectivity index (χ3v) is 6.59. The zero-order valence-electron chi connectivity index (χ0n) is 17.8. The Morgan fingerprint density at radius 1 is 1.26 bits per heavy atom. The number of hydrogen-bond donors (Lipinski definition) is 2. The molecule has 4 rings (SSSR count). The van der Waals surface area contributed by atoms with Gasteiger partial charge in [-0.25, -0.2) is 4.39 Å². The molecule has 0 spiro atoms. The molecule has 1 amide bonds. The van der Waals surface area contributed by atoms with Gasteiger partial charge >= 0.3 is 0 Å². The maximum atomic E-state index is 13.3. The maximum absolute atomic E-state index is 13.3. The number of carbonyl (C=O) groups is 1. The summed E-state index contributed by atoms with van der Waals surface area (Å²) in [5.41, 5.74) is 2.17. The van der Waals surface area contributed by atoms with Crippen LogP contribution in [0.4, 0.5) is 4.39 Å². The lowest BCUT2D eigenvalue weighted by Crippen LogP contribution is -2.46. The van der Waals surface area contributed by atoms with Crippen LogP contribution in [0.1, 0.15) is 36.7 Å². The second-order valence-electron chi connectivity index (χ2n) is 8.19. The van der Waals surface area contributed by atoms with E-state index in [2.05, 4.69) is 10.2 Å². The molecule has 31 heavy (non-hydrogen) atoms. The highest BCUT2D eigenvalue weighted by Gasteiger charge is 2.55. The highest BCUT2D eigenvalue weighted by Crippen LogP contribution is 2.48. The SMILES string of the molecule is C/C=C\c1ccc2n(c1=O)C[C@H]1[C@H](CO)[C@@H](C(=O)NCc3ccc(F)cc3)[C@@H]2N1CC. The number of nitrogens with one attached hydrogen (secondary N) is 1. The first kappa shape index (κ1) is 21.5. The molecule has 6 nitrogen and oxygen atoms in total. The monoisotopic (exact) mass is 425 g/mol. The molecule has 1 fully saturated rings. The summed E-state index contributed by atoms with van der Waals surface area (Å²) < 4.78 is 14.9. The predicted octanol–water partition coefficient (Wildman–Crippen LogP) is 2.32. The summed E-state index contributed by atoms with van der Waals surface area (Å²) >= 11 is 0. The molecule has 1 saturated heterocycles. The third-order valence-electron chi connectivity index (χ3n) is 6.59. The number of fused-ring (bicyclic) bond motifs is 4. The topological polar surface area (TPSA) is 74.6 Å². The Hall–Kier alpha value is -2.77. The van der Waals surface area contributed by atoms with Crippen molar-refractivity contribution in [1.82, 2.24) is 14.8 Å². The Morgan fingerprint density at radius 2 is 2.00 bits per heavy atom. The van der Waals surface area contributed by atoms with E-state index in [1.165, 1.54) is 12.1 Å². The zero-order valence-corrected chi connectivity index (χ0v) is 17.8. The minimum Gasteiger partial charge on any atom is -0.396 e. The van der Waals surface area contributed by atoms with Gasteiger partial charge in [0.15, 0.2) is 0 Å². The third kappa shape index (κ3) is 3.72. The Kier molecular flexibility index (Phi) is 6.07. The van der Waals surface area contributed by atoms with Crippen molar-refractivity contribution in [3.63, 3.8) is 0 Å². The van der Waals surface area contributed by atoms with Crippen LogP contribution in [-0.2, 0) is 17.9 Å². The highest BCUT2D eigenvalue weighted by atomic mass is 19.1. The maximum Gasteiger partial charge on any atom is 0.258 e. The van der Waals surface area contributed by atoms with Gasteiger partial charge in [-0.05, 0) is 43.3 Å². The number of rotatable bonds is 6. The lowest BCUT2D eigenvalue weighted by atomic mass is 9.86. The Labute approximate surface area is 181 Å². The molecule has 2 aromatic rings. The first-order valence-electron chi connectivity index (χ1n) is 10.7. The van der Waals surface area contributed by atoms with E-state index in [0.717, 1.165) is 17.8 Å². The van der Waals surface area contributed by atoms with Gasteiger partial charge in [0, 0.05) is 42.9 Å². The van der Waals surface area contributed by atoms with Crippen molar-refractivity contribution in [2.75, 3.05) is 13.2 Å². The molecule has 2 N–H and O–H groups in total. The van der Waals surface area contributed by atoms with Gasteiger partial charge in [-0.1, -0.05) is 31.2 Å². The highest BCUT2D eigenvalue weighted by molar-refractivity contribution is 5.80. The minimum absolute atomic E-state index is 0.0644. The van der Waals surface area contributed by atoms with E-state index in [4.69, 9.17) is 0 Å². The molecule has 2 aliphatic rings. The van der Waals surface area contributed by atoms with Crippen molar-refractivity contribution in [2.24, 2.45) is 11.8 Å². The second kappa shape index (κ2) is 8.77. The van der Waals surface area contributed by atoms with Crippen LogP contribution in [0.2, 0.25) is 0 Å². The fraction of sp³-hybridized carbons (Fsp3) is 0.417. The average molecular weight is 426 g/mol. The summed E-state index contributed by atoms with van der Waals surface area (Å²) in [5, 5.41) is 13.2. The number of likely N-dealkylation sites (N-methyl/N-ethyl adjacent to an activating group) is 1. The van der Waals surface area contributed by atoms with E-state index in [1.54, 1.807) is 22.8 Å². The first-order chi connectivity index (χ1) is 15.0. The minimum atomic E-state index is -0.476. The van der Waals surface area contributed by atoms with Crippen molar-refractivity contribution in [3.8, 4) is 0 Å². The van der Waals surface area contributed by atoms with E-state index in [0.29, 0.717) is 12.1 Å². The van der Waals surface area contributed by atoms with Crippen LogP contribution in [-0.4, -0.2) is 39.7 Å². The van der Waals surface area contributed by atoms with Crippen molar-refractivity contribution < 1.29 is 14.3 Å². The summed E-state index contributed by atoms with van der Waals surface area (Å²) in [6.45, 7) is 5.24. The molecule has 0 radical (unpaired) electrons. The van der Waals surface area contributed by atoms with E-state index in [1.807, 2.05) is 32.1 Å². The molecule has 0 saturated carbocycles. The number of aliphatic hydroxyl groups is 1. The van der Waals surface area contributed by atoms with Crippen LogP contribution >= 0.6 is 0 Å². The first-order valence-corrected chi connectivity index (χ1v) is 10.7. The number of pyridine rings is 1. The standard InChI is InChI=1S/C24H28FN3O3/c1-3-5-16-8-11-19-22-21(23(30)26-12-15-6-9-17(25)10-7-15)18(14-29)20(27(22)4-2)13-28(19)24(16)31/h3,5-11,18,20-22,29H,4,12-14H2,1-2H3,(H,26,30)/b5-3-/t18-,20-,21+,22+/m0/s1. The Balaban J connectivity index is 1.67. The summed E-state index contributed by atoms with van der Waals surface area (Å²) in [6.07, 6.45) is 3.63. The van der Waals surface area contributed by atoms with Crippen LogP contribution < -0.4 is 10.9 Å². The van der Waals surface area contributed by atoms with Crippen molar-refractivity contribution in [3.05, 3.63) is 75.5 Å². The molecular weight excluding hydrogens is 397 g/mol. The van der Waals surface area contributed by atoms with Gasteiger partial charge in [0.1, 0.15) is 5.82 Å². The number of benzene rings is 1. The molecule has 3 heterocycles. The lowest BCUT2D eigenvalue weighted by molar-refractivity contribution is -0.127. The number of allylic oxidation sites excluding steroid dienone is 1. The number of aliphatic hydroxyl groups excluding tert-OH is 1. The molecule has 2 bridgehead atoms. The smallest absolute Gasteiger partial charge is 0.258 e. The Bertz CT molecular complexity index is 1050. The van der Waals surface area contributed by atoms with Gasteiger partial charge in [0.25, 0.3) is 5.56 Å². The molecule has 4 atom stereocenters. The van der Waals surface area contributed by atoms with E-state index < -0.39 is 5.92 Å². The number of aromatic nitrogens is 1. The normalized spacial score (nSPS) is 25.0. The predicted molar refractivity (Wildman–Crippen MR) is 117 cm³/mol. The molecule has 1 aromatic heterocycles. The van der Waals surface area contributed by atoms with Crippen LogP contribution in [0.15, 0.2) is 47.3 Å². The number of nitrogens with zero attached hydrogens (tertiary/aromatic N) is 2. The quantitative estimate of drug-likeness (QED) is 0.745. The summed E-state index contributed by atoms with van der Waals surface area (Å²) in [5.74, 6) is -1.23. The molecule has 7 heteroatoms. The van der Waals surface area contributed by atoms with E-state index in [9.17, 15) is 19.1 Å². The van der Waals surface area contributed by atoms with Gasteiger partial charge in [0.05, 0.1) is 12.0 Å². The van der Waals surface area contributed by atoms with Gasteiger partial charge in [-0.2, -0.15) is 0 Å². The molecule has 2 aliphatic heterocycles.